The molecule has 27 heavy (non-hydrogen) atoms. The van der Waals surface area contributed by atoms with Crippen LogP contribution >= 0.6 is 0 Å². The zero-order valence-electron chi connectivity index (χ0n) is 15.6. The van der Waals surface area contributed by atoms with E-state index in [-0.39, 0.29) is 5.91 Å². The third-order valence-electron chi connectivity index (χ3n) is 4.68. The first-order valence-corrected chi connectivity index (χ1v) is 8.66. The van der Waals surface area contributed by atoms with Gasteiger partial charge in [-0.05, 0) is 26.8 Å². The van der Waals surface area contributed by atoms with Crippen LogP contribution in [-0.4, -0.2) is 40.1 Å². The number of nitrogens with one attached hydrogen (secondary N) is 1. The summed E-state index contributed by atoms with van der Waals surface area (Å²) in [4.78, 5) is 17.1. The van der Waals surface area contributed by atoms with Crippen molar-refractivity contribution in [2.45, 2.75) is 27.3 Å². The van der Waals surface area contributed by atoms with Crippen LogP contribution in [-0.2, 0) is 13.6 Å². The van der Waals surface area contributed by atoms with Crippen LogP contribution in [0.15, 0.2) is 30.9 Å². The van der Waals surface area contributed by atoms with E-state index in [1.54, 1.807) is 21.6 Å². The number of carbonyl (C=O) groups excluding carboxylic acids is 1. The van der Waals surface area contributed by atoms with Gasteiger partial charge in [0.1, 0.15) is 5.56 Å². The minimum Gasteiger partial charge on any atom is -0.319 e. The number of anilines is 1. The maximum Gasteiger partial charge on any atom is 0.261 e. The minimum atomic E-state index is -0.272. The van der Waals surface area contributed by atoms with E-state index in [2.05, 4.69) is 25.6 Å². The van der Waals surface area contributed by atoms with Crippen LogP contribution in [0.25, 0.3) is 16.9 Å². The minimum absolute atomic E-state index is 0.272. The summed E-state index contributed by atoms with van der Waals surface area (Å²) >= 11 is 0. The van der Waals surface area contributed by atoms with Crippen molar-refractivity contribution in [3.63, 3.8) is 0 Å². The Hall–Kier alpha value is -3.49. The van der Waals surface area contributed by atoms with Gasteiger partial charge >= 0.3 is 0 Å². The van der Waals surface area contributed by atoms with Crippen LogP contribution < -0.4 is 5.32 Å². The van der Waals surface area contributed by atoms with Crippen molar-refractivity contribution in [2.24, 2.45) is 7.05 Å². The molecule has 0 unspecified atom stereocenters. The van der Waals surface area contributed by atoms with E-state index in [0.717, 1.165) is 29.2 Å². The summed E-state index contributed by atoms with van der Waals surface area (Å²) in [5.74, 6) is -0.272. The Labute approximate surface area is 155 Å². The lowest BCUT2D eigenvalue weighted by molar-refractivity contribution is 0.102. The largest absolute Gasteiger partial charge is 0.319 e. The standard InChI is InChI=1S/C18H20N8O/c1-5-25-10-14(11(2)23-25)16-6-7-19-17-13(8-21-26(16)17)18(27)22-15-9-20-24(4)12(15)3/h6-10H,5H2,1-4H3,(H,22,27). The molecule has 4 aromatic heterocycles. The summed E-state index contributed by atoms with van der Waals surface area (Å²) in [6, 6.07) is 1.87. The topological polar surface area (TPSA) is 94.9 Å². The molecule has 9 nitrogen and oxygen atoms in total. The summed E-state index contributed by atoms with van der Waals surface area (Å²) in [7, 11) is 1.83. The highest BCUT2D eigenvalue weighted by molar-refractivity contribution is 6.08. The summed E-state index contributed by atoms with van der Waals surface area (Å²) in [6.45, 7) is 6.67. The van der Waals surface area contributed by atoms with E-state index in [9.17, 15) is 4.79 Å². The molecule has 1 N–H and O–H groups in total. The highest BCUT2D eigenvalue weighted by Gasteiger charge is 2.19. The van der Waals surface area contributed by atoms with Crippen molar-refractivity contribution in [3.05, 3.63) is 47.8 Å². The van der Waals surface area contributed by atoms with Gasteiger partial charge in [-0.15, -0.1) is 0 Å². The number of rotatable bonds is 4. The van der Waals surface area contributed by atoms with Gasteiger partial charge in [0.15, 0.2) is 5.65 Å². The molecule has 0 bridgehead atoms. The molecule has 4 heterocycles. The Kier molecular flexibility index (Phi) is 3.98. The van der Waals surface area contributed by atoms with Crippen LogP contribution in [0.2, 0.25) is 0 Å². The molecule has 0 aliphatic carbocycles. The molecule has 0 aliphatic heterocycles. The van der Waals surface area contributed by atoms with E-state index >= 15 is 0 Å². The fourth-order valence-electron chi connectivity index (χ4n) is 3.00. The highest BCUT2D eigenvalue weighted by atomic mass is 16.1. The van der Waals surface area contributed by atoms with Gasteiger partial charge in [0, 0.05) is 31.5 Å². The Morgan fingerprint density at radius 2 is 2.04 bits per heavy atom. The first-order valence-electron chi connectivity index (χ1n) is 8.66. The molecule has 9 heteroatoms. The highest BCUT2D eigenvalue weighted by Crippen LogP contribution is 2.24. The second-order valence-electron chi connectivity index (χ2n) is 6.33. The maximum absolute atomic E-state index is 12.8. The lowest BCUT2D eigenvalue weighted by Gasteiger charge is -2.05. The lowest BCUT2D eigenvalue weighted by Crippen LogP contribution is -2.12. The Morgan fingerprint density at radius 1 is 1.22 bits per heavy atom. The molecule has 0 fully saturated rings. The number of carbonyl (C=O) groups is 1. The molecule has 0 radical (unpaired) electrons. The van der Waals surface area contributed by atoms with Crippen LogP contribution in [0.1, 0.15) is 28.7 Å². The monoisotopic (exact) mass is 364 g/mol. The van der Waals surface area contributed by atoms with Crippen LogP contribution in [0.5, 0.6) is 0 Å². The Bertz CT molecular complexity index is 1150. The first kappa shape index (κ1) is 17.0. The second-order valence-corrected chi connectivity index (χ2v) is 6.33. The van der Waals surface area contributed by atoms with Crippen LogP contribution in [0.4, 0.5) is 5.69 Å². The van der Waals surface area contributed by atoms with E-state index in [1.165, 1.54) is 6.20 Å². The number of aryl methyl sites for hydroxylation is 3. The molecule has 0 aliphatic rings. The number of aromatic nitrogens is 7. The smallest absolute Gasteiger partial charge is 0.261 e. The molecule has 4 rings (SSSR count). The van der Waals surface area contributed by atoms with E-state index in [0.29, 0.717) is 16.9 Å². The van der Waals surface area contributed by atoms with Crippen LogP contribution in [0, 0.1) is 13.8 Å². The van der Waals surface area contributed by atoms with Gasteiger partial charge in [0.2, 0.25) is 0 Å². The normalized spacial score (nSPS) is 11.3. The predicted molar refractivity (Wildman–Crippen MR) is 101 cm³/mol. The molecule has 4 aromatic rings. The van der Waals surface area contributed by atoms with E-state index in [1.807, 2.05) is 44.8 Å². The third-order valence-corrected chi connectivity index (χ3v) is 4.68. The summed E-state index contributed by atoms with van der Waals surface area (Å²) in [5.41, 5.74) is 5.14. The van der Waals surface area contributed by atoms with Gasteiger partial charge in [-0.25, -0.2) is 9.50 Å². The van der Waals surface area contributed by atoms with Crippen molar-refractivity contribution in [2.75, 3.05) is 5.32 Å². The number of hydrogen-bond donors (Lipinski definition) is 1. The van der Waals surface area contributed by atoms with Crippen LogP contribution in [0.3, 0.4) is 0 Å². The number of fused-ring (bicyclic) bond motifs is 1. The van der Waals surface area contributed by atoms with Gasteiger partial charge in [-0.2, -0.15) is 15.3 Å². The zero-order chi connectivity index (χ0) is 19.1. The molecule has 0 atom stereocenters. The molecule has 0 saturated carbocycles. The van der Waals surface area contributed by atoms with E-state index < -0.39 is 0 Å². The third kappa shape index (κ3) is 2.77. The van der Waals surface area contributed by atoms with E-state index in [4.69, 9.17) is 0 Å². The molecular formula is C18H20N8O. The Balaban J connectivity index is 1.75. The summed E-state index contributed by atoms with van der Waals surface area (Å²) in [5, 5.41) is 15.9. The lowest BCUT2D eigenvalue weighted by atomic mass is 10.2. The van der Waals surface area contributed by atoms with Gasteiger partial charge < -0.3 is 5.32 Å². The Morgan fingerprint density at radius 3 is 2.70 bits per heavy atom. The fourth-order valence-corrected chi connectivity index (χ4v) is 3.00. The van der Waals surface area contributed by atoms with Gasteiger partial charge in [-0.1, -0.05) is 0 Å². The molecule has 0 aromatic carbocycles. The summed E-state index contributed by atoms with van der Waals surface area (Å²) in [6.07, 6.45) is 6.82. The van der Waals surface area contributed by atoms with Gasteiger partial charge in [-0.3, -0.25) is 14.2 Å². The molecule has 1 amide bonds. The zero-order valence-corrected chi connectivity index (χ0v) is 15.6. The fraction of sp³-hybridized carbons (Fsp3) is 0.278. The molecular weight excluding hydrogens is 344 g/mol. The maximum atomic E-state index is 12.8. The quantitative estimate of drug-likeness (QED) is 0.599. The molecule has 0 spiro atoms. The average molecular weight is 364 g/mol. The van der Waals surface area contributed by atoms with Crippen molar-refractivity contribution in [1.82, 2.24) is 34.2 Å². The van der Waals surface area contributed by atoms with Crippen molar-refractivity contribution in [1.29, 1.82) is 0 Å². The van der Waals surface area contributed by atoms with Crippen molar-refractivity contribution < 1.29 is 4.79 Å². The first-order chi connectivity index (χ1) is 13.0. The van der Waals surface area contributed by atoms with Gasteiger partial charge in [0.25, 0.3) is 5.91 Å². The van der Waals surface area contributed by atoms with Crippen molar-refractivity contribution in [3.8, 4) is 11.3 Å². The number of nitrogens with zero attached hydrogens (tertiary/aromatic N) is 7. The number of hydrogen-bond acceptors (Lipinski definition) is 5. The summed E-state index contributed by atoms with van der Waals surface area (Å²) < 4.78 is 5.25. The molecule has 138 valence electrons. The average Bonchev–Trinajstić information content (AvgIpc) is 3.34. The van der Waals surface area contributed by atoms with Gasteiger partial charge in [0.05, 0.1) is 35.2 Å². The number of amides is 1. The van der Waals surface area contributed by atoms with Crippen molar-refractivity contribution >= 4 is 17.2 Å². The molecule has 0 saturated heterocycles. The SMILES string of the molecule is CCn1cc(-c2ccnc3c(C(=O)Nc4cnn(C)c4C)cnn23)c(C)n1. The predicted octanol–water partition coefficient (Wildman–Crippen LogP) is 2.22. The second kappa shape index (κ2) is 6.35.